The number of rotatable bonds is 8. The lowest BCUT2D eigenvalue weighted by Crippen LogP contribution is -2.38. The summed E-state index contributed by atoms with van der Waals surface area (Å²) in [5.41, 5.74) is 0.426. The summed E-state index contributed by atoms with van der Waals surface area (Å²) >= 11 is 0. The van der Waals surface area contributed by atoms with E-state index in [9.17, 15) is 17.6 Å². The Balaban J connectivity index is 1.33. The first-order valence-corrected chi connectivity index (χ1v) is 13.1. The summed E-state index contributed by atoms with van der Waals surface area (Å²) in [6, 6.07) is 7.28. The first kappa shape index (κ1) is 28.1. The van der Waals surface area contributed by atoms with Crippen LogP contribution >= 0.6 is 0 Å². The summed E-state index contributed by atoms with van der Waals surface area (Å²) in [4.78, 5) is 0. The molecule has 0 bridgehead atoms. The van der Waals surface area contributed by atoms with Crippen LogP contribution in [0, 0.1) is 35.3 Å². The average molecular weight is 539 g/mol. The predicted octanol–water partition coefficient (Wildman–Crippen LogP) is 9.91. The van der Waals surface area contributed by atoms with Gasteiger partial charge in [0, 0.05) is 0 Å². The summed E-state index contributed by atoms with van der Waals surface area (Å²) in [6.07, 6.45) is 5.85. The zero-order chi connectivity index (χ0) is 27.3. The second-order valence-electron chi connectivity index (χ2n) is 10.3. The topological polar surface area (TPSA) is 18.5 Å². The molecule has 2 saturated carbocycles. The van der Waals surface area contributed by atoms with Crippen LogP contribution in [-0.2, 0) is 0 Å². The van der Waals surface area contributed by atoms with E-state index in [-0.39, 0.29) is 17.6 Å². The van der Waals surface area contributed by atoms with Gasteiger partial charge in [0.05, 0.1) is 5.92 Å². The van der Waals surface area contributed by atoms with Crippen LogP contribution in [0.1, 0.15) is 58.3 Å². The Morgan fingerprint density at radius 3 is 1.89 bits per heavy atom. The SMILES string of the molecule is CC=CC1CCC(C2CCC(C(F)(F)Oc3ccc(-c4cc(F)c(OC=C(F)F)c(F)c4)cc3)CC2)CC1. The van der Waals surface area contributed by atoms with Crippen LogP contribution in [0.25, 0.3) is 11.1 Å². The van der Waals surface area contributed by atoms with Gasteiger partial charge < -0.3 is 9.47 Å². The second kappa shape index (κ2) is 12.3. The van der Waals surface area contributed by atoms with Crippen molar-refractivity contribution in [3.8, 4) is 22.6 Å². The zero-order valence-electron chi connectivity index (χ0n) is 21.2. The maximum absolute atomic E-state index is 15.0. The molecule has 0 N–H and O–H groups in total. The molecule has 2 fully saturated rings. The number of hydrogen-bond donors (Lipinski definition) is 0. The second-order valence-corrected chi connectivity index (χ2v) is 10.3. The van der Waals surface area contributed by atoms with E-state index in [1.165, 1.54) is 49.9 Å². The molecule has 4 rings (SSSR count). The Bertz CT molecular complexity index is 1100. The fourth-order valence-corrected chi connectivity index (χ4v) is 5.91. The summed E-state index contributed by atoms with van der Waals surface area (Å²) in [5, 5.41) is 0. The molecule has 0 spiro atoms. The van der Waals surface area contributed by atoms with Crippen LogP contribution in [0.2, 0.25) is 0 Å². The summed E-state index contributed by atoms with van der Waals surface area (Å²) < 4.78 is 92.1. The third-order valence-electron chi connectivity index (χ3n) is 7.90. The van der Waals surface area contributed by atoms with Gasteiger partial charge in [0.25, 0.3) is 0 Å². The first-order chi connectivity index (χ1) is 18.2. The van der Waals surface area contributed by atoms with E-state index >= 15 is 8.78 Å². The Labute approximate surface area is 219 Å². The van der Waals surface area contributed by atoms with Gasteiger partial charge in [-0.05, 0) is 111 Å². The molecule has 38 heavy (non-hydrogen) atoms. The van der Waals surface area contributed by atoms with Crippen molar-refractivity contribution in [3.05, 3.63) is 72.5 Å². The molecule has 0 aliphatic heterocycles. The molecule has 2 aliphatic rings. The summed E-state index contributed by atoms with van der Waals surface area (Å²) in [5.74, 6) is -2.45. The van der Waals surface area contributed by atoms with Crippen molar-refractivity contribution >= 4 is 0 Å². The number of alkyl halides is 2. The van der Waals surface area contributed by atoms with Crippen molar-refractivity contribution in [1.82, 2.24) is 0 Å². The zero-order valence-corrected chi connectivity index (χ0v) is 21.2. The van der Waals surface area contributed by atoms with Crippen LogP contribution in [0.4, 0.5) is 26.3 Å². The quantitative estimate of drug-likeness (QED) is 0.189. The Morgan fingerprint density at radius 2 is 1.37 bits per heavy atom. The lowest BCUT2D eigenvalue weighted by Gasteiger charge is -2.39. The Hall–Kier alpha value is -2.90. The van der Waals surface area contributed by atoms with Gasteiger partial charge in [0.2, 0.25) is 0 Å². The van der Waals surface area contributed by atoms with Gasteiger partial charge in [-0.25, -0.2) is 8.78 Å². The normalized spacial score (nSPS) is 24.3. The minimum atomic E-state index is -3.33. The van der Waals surface area contributed by atoms with Crippen LogP contribution in [0.3, 0.4) is 0 Å². The maximum Gasteiger partial charge on any atom is 0.400 e. The predicted molar refractivity (Wildman–Crippen MR) is 134 cm³/mol. The first-order valence-electron chi connectivity index (χ1n) is 13.1. The highest BCUT2D eigenvalue weighted by Crippen LogP contribution is 2.45. The van der Waals surface area contributed by atoms with Crippen molar-refractivity contribution in [3.63, 3.8) is 0 Å². The van der Waals surface area contributed by atoms with Gasteiger partial charge >= 0.3 is 12.2 Å². The summed E-state index contributed by atoms with van der Waals surface area (Å²) in [6.45, 7) is 2.04. The standard InChI is InChI=1S/C30H32F6O2/c1-2-3-19-4-6-20(7-5-19)21-8-12-24(13-9-21)30(35,36)38-25-14-10-22(11-15-25)23-16-26(31)29(27(32)17-23)37-18-28(33)34/h2-3,10-11,14-21,24H,4-9,12-13H2,1H3. The number of allylic oxidation sites excluding steroid dienone is 2. The molecule has 0 aromatic heterocycles. The van der Waals surface area contributed by atoms with Crippen LogP contribution in [-0.4, -0.2) is 6.11 Å². The average Bonchev–Trinajstić information content (AvgIpc) is 2.89. The maximum atomic E-state index is 15.0. The van der Waals surface area contributed by atoms with E-state index in [4.69, 9.17) is 4.74 Å². The van der Waals surface area contributed by atoms with Gasteiger partial charge in [-0.15, -0.1) is 0 Å². The van der Waals surface area contributed by atoms with E-state index in [0.717, 1.165) is 25.0 Å². The largest absolute Gasteiger partial charge is 0.453 e. The number of ether oxygens (including phenoxy) is 2. The van der Waals surface area contributed by atoms with Gasteiger partial charge in [-0.2, -0.15) is 17.6 Å². The van der Waals surface area contributed by atoms with E-state index in [2.05, 4.69) is 16.9 Å². The smallest absolute Gasteiger partial charge is 0.400 e. The van der Waals surface area contributed by atoms with E-state index in [0.29, 0.717) is 36.2 Å². The van der Waals surface area contributed by atoms with Crippen LogP contribution in [0.5, 0.6) is 11.5 Å². The van der Waals surface area contributed by atoms with Crippen LogP contribution < -0.4 is 9.47 Å². The molecular weight excluding hydrogens is 506 g/mol. The molecule has 0 amide bonds. The summed E-state index contributed by atoms with van der Waals surface area (Å²) in [7, 11) is 0. The van der Waals surface area contributed by atoms with Gasteiger partial charge in [0.1, 0.15) is 5.75 Å². The molecule has 0 heterocycles. The molecule has 0 atom stereocenters. The molecule has 2 aliphatic carbocycles. The number of benzene rings is 2. The molecule has 0 saturated heterocycles. The van der Waals surface area contributed by atoms with Gasteiger partial charge in [-0.3, -0.25) is 0 Å². The lowest BCUT2D eigenvalue weighted by atomic mass is 9.69. The minimum absolute atomic E-state index is 0.0485. The molecule has 0 unspecified atom stereocenters. The molecule has 8 heteroatoms. The molecular formula is C30H32F6O2. The number of halogens is 6. The Kier molecular flexibility index (Phi) is 9.11. The van der Waals surface area contributed by atoms with Crippen molar-refractivity contribution in [1.29, 1.82) is 0 Å². The molecule has 2 aromatic carbocycles. The highest BCUT2D eigenvalue weighted by Gasteiger charge is 2.45. The van der Waals surface area contributed by atoms with Crippen LogP contribution in [0.15, 0.2) is 60.9 Å². The van der Waals surface area contributed by atoms with E-state index < -0.39 is 35.5 Å². The van der Waals surface area contributed by atoms with Gasteiger partial charge in [0.15, 0.2) is 23.6 Å². The number of hydrogen-bond acceptors (Lipinski definition) is 2. The third-order valence-corrected chi connectivity index (χ3v) is 7.90. The van der Waals surface area contributed by atoms with Crippen molar-refractivity contribution in [2.24, 2.45) is 23.7 Å². The molecule has 2 nitrogen and oxygen atoms in total. The van der Waals surface area contributed by atoms with Crippen molar-refractivity contribution in [2.45, 2.75) is 64.4 Å². The van der Waals surface area contributed by atoms with Crippen molar-refractivity contribution in [2.75, 3.05) is 0 Å². The van der Waals surface area contributed by atoms with Gasteiger partial charge in [-0.1, -0.05) is 24.3 Å². The monoisotopic (exact) mass is 538 g/mol. The minimum Gasteiger partial charge on any atom is -0.453 e. The lowest BCUT2D eigenvalue weighted by molar-refractivity contribution is -0.224. The third kappa shape index (κ3) is 6.94. The molecule has 0 radical (unpaired) electrons. The molecule has 206 valence electrons. The molecule has 2 aromatic rings. The van der Waals surface area contributed by atoms with Crippen molar-refractivity contribution < 1.29 is 35.8 Å². The fraction of sp³-hybridized carbons (Fsp3) is 0.467. The van der Waals surface area contributed by atoms with E-state index in [1.807, 2.05) is 6.92 Å². The van der Waals surface area contributed by atoms with E-state index in [1.54, 1.807) is 0 Å². The highest BCUT2D eigenvalue weighted by molar-refractivity contribution is 5.65. The highest BCUT2D eigenvalue weighted by atomic mass is 19.3. The fourth-order valence-electron chi connectivity index (χ4n) is 5.91. The Morgan fingerprint density at radius 1 is 0.816 bits per heavy atom.